The van der Waals surface area contributed by atoms with Crippen LogP contribution in [-0.2, 0) is 0 Å². The summed E-state index contributed by atoms with van der Waals surface area (Å²) in [6.45, 7) is 1.96. The first kappa shape index (κ1) is 16.2. The van der Waals surface area contributed by atoms with Gasteiger partial charge < -0.3 is 15.0 Å². The Morgan fingerprint density at radius 3 is 2.67 bits per heavy atom. The molecule has 0 atom stereocenters. The third-order valence-electron chi connectivity index (χ3n) is 4.14. The monoisotopic (exact) mass is 326 g/mol. The molecule has 1 N–H and O–H groups in total. The summed E-state index contributed by atoms with van der Waals surface area (Å²) in [4.78, 5) is 23.1. The van der Waals surface area contributed by atoms with Crippen LogP contribution in [0.1, 0.15) is 36.2 Å². The Labute approximate surface area is 141 Å². The Morgan fingerprint density at radius 2 is 1.92 bits per heavy atom. The summed E-state index contributed by atoms with van der Waals surface area (Å²) in [6.07, 6.45) is 6.29. The van der Waals surface area contributed by atoms with Crippen LogP contribution in [0.25, 0.3) is 0 Å². The number of hydrogen-bond acceptors (Lipinski definition) is 5. The number of anilines is 2. The van der Waals surface area contributed by atoms with Crippen molar-refractivity contribution in [2.45, 2.75) is 25.7 Å². The van der Waals surface area contributed by atoms with E-state index in [1.54, 1.807) is 19.2 Å². The average Bonchev–Trinajstić information content (AvgIpc) is 2.91. The highest BCUT2D eigenvalue weighted by atomic mass is 16.5. The molecule has 1 amide bonds. The van der Waals surface area contributed by atoms with Crippen LogP contribution in [0.4, 0.5) is 11.5 Å². The fourth-order valence-electron chi connectivity index (χ4n) is 2.84. The van der Waals surface area contributed by atoms with E-state index >= 15 is 0 Å². The minimum absolute atomic E-state index is 0.248. The number of benzene rings is 1. The van der Waals surface area contributed by atoms with Crippen molar-refractivity contribution in [2.24, 2.45) is 0 Å². The maximum Gasteiger partial charge on any atom is 0.274 e. The Kier molecular flexibility index (Phi) is 5.25. The Bertz CT molecular complexity index is 697. The third-order valence-corrected chi connectivity index (χ3v) is 4.14. The summed E-state index contributed by atoms with van der Waals surface area (Å²) in [6, 6.07) is 9.02. The van der Waals surface area contributed by atoms with Gasteiger partial charge in [0.05, 0.1) is 7.11 Å². The van der Waals surface area contributed by atoms with Gasteiger partial charge in [0.2, 0.25) is 0 Å². The molecule has 2 heterocycles. The minimum atomic E-state index is -0.248. The lowest BCUT2D eigenvalue weighted by Crippen LogP contribution is -2.25. The predicted octanol–water partition coefficient (Wildman–Crippen LogP) is 3.12. The van der Waals surface area contributed by atoms with Crippen molar-refractivity contribution in [3.63, 3.8) is 0 Å². The molecule has 1 fully saturated rings. The Hall–Kier alpha value is -2.63. The molecule has 3 rings (SSSR count). The quantitative estimate of drug-likeness (QED) is 0.935. The summed E-state index contributed by atoms with van der Waals surface area (Å²) in [7, 11) is 1.60. The summed E-state index contributed by atoms with van der Waals surface area (Å²) >= 11 is 0. The molecule has 1 saturated heterocycles. The summed E-state index contributed by atoms with van der Waals surface area (Å²) in [5, 5.41) is 2.85. The molecule has 1 aromatic heterocycles. The molecule has 24 heavy (non-hydrogen) atoms. The molecule has 0 aliphatic carbocycles. The first-order valence-electron chi connectivity index (χ1n) is 8.28. The highest BCUT2D eigenvalue weighted by Gasteiger charge is 2.15. The molecule has 0 radical (unpaired) electrons. The molecule has 1 aliphatic heterocycles. The third kappa shape index (κ3) is 4.01. The van der Waals surface area contributed by atoms with Gasteiger partial charge in [0, 0.05) is 30.9 Å². The van der Waals surface area contributed by atoms with Gasteiger partial charge in [-0.2, -0.15) is 0 Å². The van der Waals surface area contributed by atoms with Gasteiger partial charge >= 0.3 is 0 Å². The van der Waals surface area contributed by atoms with E-state index in [2.05, 4.69) is 20.2 Å². The van der Waals surface area contributed by atoms with Gasteiger partial charge in [-0.05, 0) is 25.0 Å². The molecule has 0 spiro atoms. The zero-order valence-electron chi connectivity index (χ0n) is 13.9. The highest BCUT2D eigenvalue weighted by molar-refractivity contribution is 6.03. The molecular formula is C18H22N4O2. The zero-order chi connectivity index (χ0) is 16.8. The van der Waals surface area contributed by atoms with E-state index in [9.17, 15) is 4.79 Å². The number of amides is 1. The summed E-state index contributed by atoms with van der Waals surface area (Å²) < 4.78 is 5.17. The largest absolute Gasteiger partial charge is 0.497 e. The minimum Gasteiger partial charge on any atom is -0.497 e. The van der Waals surface area contributed by atoms with Crippen LogP contribution < -0.4 is 15.0 Å². The fraction of sp³-hybridized carbons (Fsp3) is 0.389. The molecule has 1 aliphatic rings. The van der Waals surface area contributed by atoms with Gasteiger partial charge in [0.25, 0.3) is 5.91 Å². The lowest BCUT2D eigenvalue weighted by atomic mass is 10.2. The van der Waals surface area contributed by atoms with Gasteiger partial charge in [-0.25, -0.2) is 9.97 Å². The molecular weight excluding hydrogens is 304 g/mol. The lowest BCUT2D eigenvalue weighted by molar-refractivity contribution is 0.102. The maximum atomic E-state index is 12.5. The number of nitrogens with one attached hydrogen (secondary N) is 1. The van der Waals surface area contributed by atoms with E-state index in [1.807, 2.05) is 18.2 Å². The second-order valence-electron chi connectivity index (χ2n) is 5.85. The highest BCUT2D eigenvalue weighted by Crippen LogP contribution is 2.19. The van der Waals surface area contributed by atoms with Crippen molar-refractivity contribution in [1.82, 2.24) is 9.97 Å². The second-order valence-corrected chi connectivity index (χ2v) is 5.85. The molecule has 6 heteroatoms. The summed E-state index contributed by atoms with van der Waals surface area (Å²) in [5.74, 6) is 1.27. The van der Waals surface area contributed by atoms with Crippen molar-refractivity contribution >= 4 is 17.4 Å². The molecule has 2 aromatic rings. The van der Waals surface area contributed by atoms with Crippen LogP contribution in [0.3, 0.4) is 0 Å². The number of carbonyl (C=O) groups excluding carboxylic acids is 1. The number of carbonyl (C=O) groups is 1. The van der Waals surface area contributed by atoms with Crippen LogP contribution in [0.2, 0.25) is 0 Å². The molecule has 0 unspecified atom stereocenters. The maximum absolute atomic E-state index is 12.5. The Balaban J connectivity index is 1.73. The number of rotatable bonds is 4. The fourth-order valence-corrected chi connectivity index (χ4v) is 2.84. The SMILES string of the molecule is COc1cccc(NC(=O)c2cc(N3CCCCCC3)ncn2)c1. The molecule has 126 valence electrons. The molecule has 1 aromatic carbocycles. The molecule has 6 nitrogen and oxygen atoms in total. The van der Waals surface area contributed by atoms with Crippen LogP contribution in [0, 0.1) is 0 Å². The predicted molar refractivity (Wildman–Crippen MR) is 93.7 cm³/mol. The number of nitrogens with zero attached hydrogens (tertiary/aromatic N) is 3. The van der Waals surface area contributed by atoms with E-state index in [0.29, 0.717) is 17.1 Å². The van der Waals surface area contributed by atoms with Crippen molar-refractivity contribution in [2.75, 3.05) is 30.4 Å². The van der Waals surface area contributed by atoms with Crippen LogP contribution in [0.5, 0.6) is 5.75 Å². The average molecular weight is 326 g/mol. The van der Waals surface area contributed by atoms with Crippen molar-refractivity contribution in [3.8, 4) is 5.75 Å². The van der Waals surface area contributed by atoms with Gasteiger partial charge in [0.15, 0.2) is 0 Å². The zero-order valence-corrected chi connectivity index (χ0v) is 13.9. The van der Waals surface area contributed by atoms with Crippen LogP contribution in [0.15, 0.2) is 36.7 Å². The van der Waals surface area contributed by atoms with Crippen LogP contribution >= 0.6 is 0 Å². The van der Waals surface area contributed by atoms with Gasteiger partial charge in [-0.1, -0.05) is 18.9 Å². The van der Waals surface area contributed by atoms with Crippen molar-refractivity contribution in [3.05, 3.63) is 42.4 Å². The van der Waals surface area contributed by atoms with E-state index in [-0.39, 0.29) is 5.91 Å². The smallest absolute Gasteiger partial charge is 0.274 e. The van der Waals surface area contributed by atoms with Crippen LogP contribution in [-0.4, -0.2) is 36.1 Å². The van der Waals surface area contributed by atoms with E-state index in [4.69, 9.17) is 4.74 Å². The molecule has 0 saturated carbocycles. The van der Waals surface area contributed by atoms with Gasteiger partial charge in [-0.3, -0.25) is 4.79 Å². The normalized spacial score (nSPS) is 14.8. The summed E-state index contributed by atoms with van der Waals surface area (Å²) in [5.41, 5.74) is 1.04. The van der Waals surface area contributed by atoms with Gasteiger partial charge in [0.1, 0.15) is 23.6 Å². The molecule has 0 bridgehead atoms. The van der Waals surface area contributed by atoms with E-state index in [1.165, 1.54) is 19.2 Å². The van der Waals surface area contributed by atoms with E-state index in [0.717, 1.165) is 31.7 Å². The van der Waals surface area contributed by atoms with Gasteiger partial charge in [-0.15, -0.1) is 0 Å². The second kappa shape index (κ2) is 7.77. The lowest BCUT2D eigenvalue weighted by Gasteiger charge is -2.21. The van der Waals surface area contributed by atoms with E-state index < -0.39 is 0 Å². The number of hydrogen-bond donors (Lipinski definition) is 1. The first-order valence-corrected chi connectivity index (χ1v) is 8.28. The standard InChI is InChI=1S/C18H22N4O2/c1-24-15-8-6-7-14(11-15)21-18(23)16-12-17(20-13-19-16)22-9-4-2-3-5-10-22/h6-8,11-13H,2-5,9-10H2,1H3,(H,21,23). The number of aromatic nitrogens is 2. The van der Waals surface area contributed by atoms with Crippen molar-refractivity contribution in [1.29, 1.82) is 0 Å². The van der Waals surface area contributed by atoms with Crippen molar-refractivity contribution < 1.29 is 9.53 Å². The first-order chi connectivity index (χ1) is 11.8. The number of ether oxygens (including phenoxy) is 1. The number of methoxy groups -OCH3 is 1. The topological polar surface area (TPSA) is 67.3 Å². The Morgan fingerprint density at radius 1 is 1.12 bits per heavy atom.